The maximum atomic E-state index is 14.2. The molecule has 0 aliphatic heterocycles. The van der Waals surface area contributed by atoms with Crippen LogP contribution in [0.1, 0.15) is 25.8 Å². The highest BCUT2D eigenvalue weighted by Gasteiger charge is 2.31. The molecule has 0 unspecified atom stereocenters. The number of benzene rings is 2. The molecule has 0 saturated carbocycles. The Labute approximate surface area is 147 Å². The van der Waals surface area contributed by atoms with Gasteiger partial charge in [-0.1, -0.05) is 12.1 Å². The van der Waals surface area contributed by atoms with E-state index in [1.165, 1.54) is 0 Å². The molecular formula is C19H18F4N2O. The molecule has 0 amide bonds. The molecule has 3 nitrogen and oxygen atoms in total. The molecule has 0 atom stereocenters. The number of halogens is 4. The van der Waals surface area contributed by atoms with Gasteiger partial charge < -0.3 is 9.67 Å². The molecule has 2 aromatic carbocycles. The number of nitrogens with zero attached hydrogens (tertiary/aromatic N) is 2. The molecular weight excluding hydrogens is 348 g/mol. The largest absolute Gasteiger partial charge is 0.416 e. The average molecular weight is 366 g/mol. The molecule has 1 heterocycles. The zero-order chi connectivity index (χ0) is 19.1. The van der Waals surface area contributed by atoms with Gasteiger partial charge in [0.1, 0.15) is 5.82 Å². The van der Waals surface area contributed by atoms with Crippen LogP contribution in [0.3, 0.4) is 0 Å². The first kappa shape index (κ1) is 18.4. The monoisotopic (exact) mass is 366 g/mol. The second kappa shape index (κ2) is 6.39. The highest BCUT2D eigenvalue weighted by Crippen LogP contribution is 2.33. The van der Waals surface area contributed by atoms with Gasteiger partial charge in [-0.05, 0) is 50.1 Å². The van der Waals surface area contributed by atoms with E-state index in [2.05, 4.69) is 4.98 Å². The van der Waals surface area contributed by atoms with Crippen LogP contribution < -0.4 is 0 Å². The zero-order valence-electron chi connectivity index (χ0n) is 14.3. The summed E-state index contributed by atoms with van der Waals surface area (Å²) in [6.45, 7) is 3.92. The Morgan fingerprint density at radius 2 is 1.81 bits per heavy atom. The predicted molar refractivity (Wildman–Crippen MR) is 91.0 cm³/mol. The molecule has 0 aliphatic rings. The Bertz CT molecular complexity index is 939. The van der Waals surface area contributed by atoms with E-state index in [1.54, 1.807) is 38.4 Å². The van der Waals surface area contributed by atoms with Crippen LogP contribution in [0, 0.1) is 5.82 Å². The second-order valence-corrected chi connectivity index (χ2v) is 6.90. The molecule has 3 rings (SSSR count). The topological polar surface area (TPSA) is 38.0 Å². The van der Waals surface area contributed by atoms with Crippen molar-refractivity contribution < 1.29 is 22.7 Å². The third-order valence-corrected chi connectivity index (χ3v) is 4.19. The number of aryl methyl sites for hydroxylation is 1. The highest BCUT2D eigenvalue weighted by molar-refractivity contribution is 5.82. The van der Waals surface area contributed by atoms with Crippen LogP contribution >= 0.6 is 0 Å². The molecule has 1 aromatic heterocycles. The van der Waals surface area contributed by atoms with E-state index in [1.807, 2.05) is 4.57 Å². The molecule has 0 aliphatic carbocycles. The number of hydrogen-bond donors (Lipinski definition) is 1. The lowest BCUT2D eigenvalue weighted by Crippen LogP contribution is -2.20. The Kier molecular flexibility index (Phi) is 4.52. The molecule has 0 radical (unpaired) electrons. The average Bonchev–Trinajstić information content (AvgIpc) is 2.93. The first-order chi connectivity index (χ1) is 12.0. The number of aliphatic hydroxyl groups is 1. The van der Waals surface area contributed by atoms with Crippen LogP contribution in [0.15, 0.2) is 42.7 Å². The van der Waals surface area contributed by atoms with Crippen molar-refractivity contribution in [2.45, 2.75) is 38.6 Å². The van der Waals surface area contributed by atoms with Crippen molar-refractivity contribution in [1.29, 1.82) is 0 Å². The van der Waals surface area contributed by atoms with Gasteiger partial charge in [0.2, 0.25) is 0 Å². The molecule has 0 fully saturated rings. The minimum Gasteiger partial charge on any atom is -0.390 e. The molecule has 0 saturated heterocycles. The highest BCUT2D eigenvalue weighted by atomic mass is 19.4. The van der Waals surface area contributed by atoms with Gasteiger partial charge in [0.15, 0.2) is 0 Å². The Morgan fingerprint density at radius 3 is 2.42 bits per heavy atom. The molecule has 3 aromatic rings. The molecule has 0 bridgehead atoms. The summed E-state index contributed by atoms with van der Waals surface area (Å²) >= 11 is 0. The van der Waals surface area contributed by atoms with Gasteiger partial charge in [-0.3, -0.25) is 0 Å². The number of alkyl halides is 3. The van der Waals surface area contributed by atoms with E-state index >= 15 is 0 Å². The van der Waals surface area contributed by atoms with Crippen molar-refractivity contribution in [3.8, 4) is 11.1 Å². The standard InChI is InChI=1S/C19H18F4N2O/c1-18(2,26)7-8-25-11-24-16-6-3-12(9-17(16)25)14-5-4-13(10-15(14)20)19(21,22)23/h3-6,9-11,26H,7-8H2,1-2H3. The van der Waals surface area contributed by atoms with Crippen molar-refractivity contribution in [3.63, 3.8) is 0 Å². The zero-order valence-corrected chi connectivity index (χ0v) is 14.3. The van der Waals surface area contributed by atoms with Gasteiger partial charge in [0.25, 0.3) is 0 Å². The lowest BCUT2D eigenvalue weighted by Gasteiger charge is -2.17. The van der Waals surface area contributed by atoms with E-state index < -0.39 is 23.2 Å². The molecule has 0 spiro atoms. The number of fused-ring (bicyclic) bond motifs is 1. The van der Waals surface area contributed by atoms with E-state index in [4.69, 9.17) is 0 Å². The fourth-order valence-corrected chi connectivity index (χ4v) is 2.72. The van der Waals surface area contributed by atoms with Gasteiger partial charge in [-0.2, -0.15) is 13.2 Å². The number of hydrogen-bond acceptors (Lipinski definition) is 2. The number of aromatic nitrogens is 2. The summed E-state index contributed by atoms with van der Waals surface area (Å²) in [5.74, 6) is -0.929. The quantitative estimate of drug-likeness (QED) is 0.658. The first-order valence-corrected chi connectivity index (χ1v) is 8.09. The lowest BCUT2D eigenvalue weighted by atomic mass is 10.0. The van der Waals surface area contributed by atoms with Crippen LogP contribution in [-0.4, -0.2) is 20.3 Å². The predicted octanol–water partition coefficient (Wildman–Crippen LogP) is 5.02. The summed E-state index contributed by atoms with van der Waals surface area (Å²) in [6, 6.07) is 7.53. The smallest absolute Gasteiger partial charge is 0.390 e. The summed E-state index contributed by atoms with van der Waals surface area (Å²) in [5, 5.41) is 9.87. The van der Waals surface area contributed by atoms with Gasteiger partial charge >= 0.3 is 6.18 Å². The second-order valence-electron chi connectivity index (χ2n) is 6.90. The molecule has 7 heteroatoms. The van der Waals surface area contributed by atoms with Gasteiger partial charge in [-0.25, -0.2) is 9.37 Å². The fraction of sp³-hybridized carbons (Fsp3) is 0.316. The molecule has 1 N–H and O–H groups in total. The minimum atomic E-state index is -4.58. The van der Waals surface area contributed by atoms with Crippen molar-refractivity contribution in [2.24, 2.45) is 0 Å². The maximum Gasteiger partial charge on any atom is 0.416 e. The Morgan fingerprint density at radius 1 is 1.08 bits per heavy atom. The van der Waals surface area contributed by atoms with E-state index in [0.717, 1.165) is 17.6 Å². The summed E-state index contributed by atoms with van der Waals surface area (Å²) in [4.78, 5) is 4.26. The summed E-state index contributed by atoms with van der Waals surface area (Å²) in [7, 11) is 0. The van der Waals surface area contributed by atoms with Crippen LogP contribution in [-0.2, 0) is 12.7 Å². The van der Waals surface area contributed by atoms with Crippen LogP contribution in [0.25, 0.3) is 22.2 Å². The van der Waals surface area contributed by atoms with Gasteiger partial charge in [0.05, 0.1) is 28.5 Å². The maximum absolute atomic E-state index is 14.2. The van der Waals surface area contributed by atoms with Crippen molar-refractivity contribution in [1.82, 2.24) is 9.55 Å². The fourth-order valence-electron chi connectivity index (χ4n) is 2.72. The Balaban J connectivity index is 1.98. The summed E-state index contributed by atoms with van der Waals surface area (Å²) in [6.07, 6.45) is -2.46. The van der Waals surface area contributed by atoms with Gasteiger partial charge in [0, 0.05) is 12.1 Å². The van der Waals surface area contributed by atoms with E-state index in [0.29, 0.717) is 30.1 Å². The normalized spacial score (nSPS) is 12.7. The van der Waals surface area contributed by atoms with Crippen LogP contribution in [0.2, 0.25) is 0 Å². The molecule has 26 heavy (non-hydrogen) atoms. The number of rotatable bonds is 4. The summed E-state index contributed by atoms with van der Waals surface area (Å²) < 4.78 is 54.2. The van der Waals surface area contributed by atoms with Crippen LogP contribution in [0.5, 0.6) is 0 Å². The van der Waals surface area contributed by atoms with E-state index in [9.17, 15) is 22.7 Å². The minimum absolute atomic E-state index is 0.0927. The van der Waals surface area contributed by atoms with E-state index in [-0.39, 0.29) is 5.56 Å². The third-order valence-electron chi connectivity index (χ3n) is 4.19. The summed E-state index contributed by atoms with van der Waals surface area (Å²) in [5.41, 5.74) is 0.120. The molecule has 138 valence electrons. The first-order valence-electron chi connectivity index (χ1n) is 8.09. The number of imidazole rings is 1. The SMILES string of the molecule is CC(C)(O)CCn1cnc2ccc(-c3ccc(C(F)(F)F)cc3F)cc21. The lowest BCUT2D eigenvalue weighted by molar-refractivity contribution is -0.137. The third kappa shape index (κ3) is 3.88. The van der Waals surface area contributed by atoms with Crippen molar-refractivity contribution >= 4 is 11.0 Å². The van der Waals surface area contributed by atoms with Gasteiger partial charge in [-0.15, -0.1) is 0 Å². The Hall–Kier alpha value is -2.41. The van der Waals surface area contributed by atoms with Crippen molar-refractivity contribution in [3.05, 3.63) is 54.1 Å². The van der Waals surface area contributed by atoms with Crippen LogP contribution in [0.4, 0.5) is 17.6 Å². The van der Waals surface area contributed by atoms with Crippen molar-refractivity contribution in [2.75, 3.05) is 0 Å².